The van der Waals surface area contributed by atoms with Gasteiger partial charge in [-0.25, -0.2) is 0 Å². The smallest absolute Gasteiger partial charge is 0.308 e. The van der Waals surface area contributed by atoms with E-state index in [2.05, 4.69) is 0 Å². The molecule has 18 heteroatoms. The molecule has 3 fully saturated rings. The third kappa shape index (κ3) is 13.5. The molecule has 0 radical (unpaired) electrons. The molecule has 0 bridgehead atoms. The van der Waals surface area contributed by atoms with Crippen LogP contribution >= 0.6 is 0 Å². The fourth-order valence-electron chi connectivity index (χ4n) is 9.51. The van der Waals surface area contributed by atoms with E-state index >= 15 is 0 Å². The van der Waals surface area contributed by atoms with E-state index in [4.69, 9.17) is 42.6 Å². The van der Waals surface area contributed by atoms with E-state index in [-0.39, 0.29) is 31.7 Å². The minimum atomic E-state index is -1.49. The van der Waals surface area contributed by atoms with E-state index in [1.807, 2.05) is 19.9 Å². The Balaban J connectivity index is 1.62. The number of esters is 1. The largest absolute Gasteiger partial charge is 0.462 e. The van der Waals surface area contributed by atoms with Gasteiger partial charge in [0.05, 0.1) is 55.2 Å². The lowest BCUT2D eigenvalue weighted by Gasteiger charge is -2.50. The molecule has 5 N–H and O–H groups in total. The van der Waals surface area contributed by atoms with Crippen LogP contribution in [-0.2, 0) is 57.0 Å². The van der Waals surface area contributed by atoms with Crippen molar-refractivity contribution >= 4 is 18.0 Å². The van der Waals surface area contributed by atoms with E-state index in [9.17, 15) is 39.9 Å². The molecule has 3 saturated heterocycles. The van der Waals surface area contributed by atoms with Crippen LogP contribution < -0.4 is 0 Å². The summed E-state index contributed by atoms with van der Waals surface area (Å²) in [5, 5.41) is 55.8. The van der Waals surface area contributed by atoms with E-state index in [0.29, 0.717) is 12.0 Å². The highest BCUT2D eigenvalue weighted by Crippen LogP contribution is 2.37. The van der Waals surface area contributed by atoms with Crippen molar-refractivity contribution < 1.29 is 82.5 Å². The fourth-order valence-corrected chi connectivity index (χ4v) is 9.51. The van der Waals surface area contributed by atoms with Gasteiger partial charge in [-0.1, -0.05) is 38.5 Å². The maximum absolute atomic E-state index is 13.8. The first-order chi connectivity index (χ1) is 30.1. The van der Waals surface area contributed by atoms with E-state index in [1.165, 1.54) is 27.2 Å². The zero-order chi connectivity index (χ0) is 47.8. The molecule has 18 nitrogen and oxygen atoms in total. The van der Waals surface area contributed by atoms with Crippen molar-refractivity contribution in [1.82, 2.24) is 4.90 Å². The average Bonchev–Trinajstić information content (AvgIpc) is 3.23. The highest BCUT2D eigenvalue weighted by molar-refractivity contribution is 5.91. The summed E-state index contributed by atoms with van der Waals surface area (Å²) in [6, 6.07) is -0.748. The standard InChI is InChI=1S/C46H77NO17/c1-13-33-30(22-58-45-42(57-12)41(56-11)37(52)26(5)60-45)18-23(2)14-15-31(49)24(3)19-29(16-17-48)39(25(4)32(50)20-34(51)62-33)64-44-38(53)36(47(9)10)40(27(6)61-44)63-35-21-46(8,55)43(54)28(7)59-35/h14-15,17-18,24-30,32-33,35-45,50,52-55H,13,16,19-22H2,1-12H3/b15-14+,23-18+/t24-,25+,26-,27-,28+,29?,30-,32-,33-,35+,36-,37-,38-,39-,40-,41-,42-,43+,44+,45-,46-/m1/s1. The number of nitrogens with zero attached hydrogens (tertiary/aromatic N) is 1. The second-order valence-corrected chi connectivity index (χ2v) is 18.7. The van der Waals surface area contributed by atoms with Gasteiger partial charge in [0, 0.05) is 44.8 Å². The van der Waals surface area contributed by atoms with Crippen LogP contribution in [0.1, 0.15) is 87.5 Å². The lowest BCUT2D eigenvalue weighted by atomic mass is 9.79. The predicted molar refractivity (Wildman–Crippen MR) is 230 cm³/mol. The highest BCUT2D eigenvalue weighted by atomic mass is 16.7. The number of hydrogen-bond acceptors (Lipinski definition) is 18. The van der Waals surface area contributed by atoms with Crippen molar-refractivity contribution in [2.24, 2.45) is 23.7 Å². The van der Waals surface area contributed by atoms with Crippen molar-refractivity contribution in [2.75, 3.05) is 34.9 Å². The van der Waals surface area contributed by atoms with Crippen LogP contribution in [0.3, 0.4) is 0 Å². The summed E-state index contributed by atoms with van der Waals surface area (Å²) in [5.74, 6) is -3.59. The van der Waals surface area contributed by atoms with Crippen LogP contribution in [0.2, 0.25) is 0 Å². The molecule has 21 atom stereocenters. The summed E-state index contributed by atoms with van der Waals surface area (Å²) >= 11 is 0. The first-order valence-electron chi connectivity index (χ1n) is 22.7. The molecule has 0 aromatic carbocycles. The van der Waals surface area contributed by atoms with Gasteiger partial charge in [0.2, 0.25) is 0 Å². The minimum absolute atomic E-state index is 0.00788. The second-order valence-electron chi connectivity index (χ2n) is 18.7. The Morgan fingerprint density at radius 1 is 0.859 bits per heavy atom. The summed E-state index contributed by atoms with van der Waals surface area (Å²) in [7, 11) is 6.43. The van der Waals surface area contributed by atoms with Crippen LogP contribution in [0, 0.1) is 23.7 Å². The van der Waals surface area contributed by atoms with Gasteiger partial charge in [-0.3, -0.25) is 9.59 Å². The van der Waals surface area contributed by atoms with Crippen molar-refractivity contribution in [3.05, 3.63) is 23.8 Å². The zero-order valence-corrected chi connectivity index (χ0v) is 39.7. The molecule has 0 saturated carbocycles. The third-order valence-corrected chi connectivity index (χ3v) is 13.4. The molecule has 0 aromatic rings. The van der Waals surface area contributed by atoms with Gasteiger partial charge < -0.3 is 77.9 Å². The molecule has 4 aliphatic rings. The van der Waals surface area contributed by atoms with Gasteiger partial charge >= 0.3 is 5.97 Å². The number of carbonyl (C=O) groups is 3. The average molecular weight is 916 g/mol. The zero-order valence-electron chi connectivity index (χ0n) is 39.7. The maximum atomic E-state index is 13.8. The number of methoxy groups -OCH3 is 2. The molecule has 4 aliphatic heterocycles. The number of aliphatic hydroxyl groups excluding tert-OH is 4. The van der Waals surface area contributed by atoms with Gasteiger partial charge in [-0.15, -0.1) is 0 Å². The second kappa shape index (κ2) is 24.1. The van der Waals surface area contributed by atoms with E-state index < -0.39 is 140 Å². The number of hydrogen-bond donors (Lipinski definition) is 5. The Hall–Kier alpha value is -2.27. The van der Waals surface area contributed by atoms with Crippen LogP contribution in [-0.4, -0.2) is 187 Å². The van der Waals surface area contributed by atoms with Gasteiger partial charge in [0.15, 0.2) is 24.7 Å². The Labute approximate surface area is 378 Å². The minimum Gasteiger partial charge on any atom is -0.462 e. The molecule has 4 rings (SSSR count). The first kappa shape index (κ1) is 54.3. The van der Waals surface area contributed by atoms with Gasteiger partial charge in [-0.2, -0.15) is 0 Å². The lowest BCUT2D eigenvalue weighted by molar-refractivity contribution is -0.341. The number of carbonyl (C=O) groups excluding carboxylic acids is 3. The number of ether oxygens (including phenoxy) is 9. The van der Waals surface area contributed by atoms with Gasteiger partial charge in [0.25, 0.3) is 0 Å². The van der Waals surface area contributed by atoms with Crippen molar-refractivity contribution in [3.63, 3.8) is 0 Å². The van der Waals surface area contributed by atoms with E-state index in [0.717, 1.165) is 6.29 Å². The van der Waals surface area contributed by atoms with Crippen molar-refractivity contribution in [1.29, 1.82) is 0 Å². The molecular weight excluding hydrogens is 838 g/mol. The highest BCUT2D eigenvalue weighted by Gasteiger charge is 2.52. The number of cyclic esters (lactones) is 1. The molecule has 1 unspecified atom stereocenters. The summed E-state index contributed by atoms with van der Waals surface area (Å²) < 4.78 is 54.7. The quantitative estimate of drug-likeness (QED) is 0.131. The SMILES string of the molecule is CC[C@H]1OC(=O)C[C@@H](O)[C@H](C)[C@@H](O[C@@H]2O[C@H](C)[C@@H](O[C@H]3C[C@@](C)(O)[C@@H](O)[C@H](C)O3)[C@H](N(C)C)[C@H]2O)C(CC=O)C[C@@H](C)C(=O)/C=C/C(C)=C/[C@@H]1CO[C@@H]1O[C@H](C)[C@@H](O)[C@@H](OC)[C@H]1OC. The maximum Gasteiger partial charge on any atom is 0.308 e. The molecule has 0 amide bonds. The number of rotatable bonds is 13. The van der Waals surface area contributed by atoms with Crippen LogP contribution in [0.4, 0.5) is 0 Å². The molecule has 0 aromatic heterocycles. The lowest BCUT2D eigenvalue weighted by Crippen LogP contribution is -2.65. The summed E-state index contributed by atoms with van der Waals surface area (Å²) in [6.45, 7) is 13.6. The molecule has 0 spiro atoms. The van der Waals surface area contributed by atoms with E-state index in [1.54, 1.807) is 59.7 Å². The van der Waals surface area contributed by atoms with Crippen LogP contribution in [0.15, 0.2) is 23.8 Å². The van der Waals surface area contributed by atoms with Crippen molar-refractivity contribution in [2.45, 2.75) is 191 Å². The predicted octanol–water partition coefficient (Wildman–Crippen LogP) is 1.83. The summed E-state index contributed by atoms with van der Waals surface area (Å²) in [4.78, 5) is 41.5. The Bertz CT molecular complexity index is 1560. The first-order valence-corrected chi connectivity index (χ1v) is 22.7. The number of likely N-dealkylation sites (N-methyl/N-ethyl adjacent to an activating group) is 1. The third-order valence-electron chi connectivity index (χ3n) is 13.4. The summed E-state index contributed by atoms with van der Waals surface area (Å²) in [5.41, 5.74) is -0.806. The fraction of sp³-hybridized carbons (Fsp3) is 0.848. The Kier molecular flexibility index (Phi) is 20.5. The molecular formula is C46H77NO17. The summed E-state index contributed by atoms with van der Waals surface area (Å²) in [6.07, 6.45) is -8.49. The normalized spacial score (nSPS) is 45.9. The molecule has 4 heterocycles. The number of ketones is 1. The Morgan fingerprint density at radius 2 is 1.52 bits per heavy atom. The molecule has 0 aliphatic carbocycles. The number of aldehydes is 1. The monoisotopic (exact) mass is 916 g/mol. The van der Waals surface area contributed by atoms with Gasteiger partial charge in [-0.05, 0) is 73.5 Å². The number of aliphatic hydroxyl groups is 5. The van der Waals surface area contributed by atoms with Crippen LogP contribution in [0.25, 0.3) is 0 Å². The van der Waals surface area contributed by atoms with Crippen LogP contribution in [0.5, 0.6) is 0 Å². The number of allylic oxidation sites excluding steroid dienone is 3. The van der Waals surface area contributed by atoms with Gasteiger partial charge in [0.1, 0.15) is 49.0 Å². The molecule has 368 valence electrons. The molecule has 64 heavy (non-hydrogen) atoms. The Morgan fingerprint density at radius 3 is 2.11 bits per heavy atom. The van der Waals surface area contributed by atoms with Crippen molar-refractivity contribution in [3.8, 4) is 0 Å². The topological polar surface area (TPSA) is 239 Å².